The van der Waals surface area contributed by atoms with Gasteiger partial charge in [0.05, 0.1) is 20.8 Å². The van der Waals surface area contributed by atoms with Crippen LogP contribution in [0.2, 0.25) is 0 Å². The average molecular weight is 254 g/mol. The van der Waals surface area contributed by atoms with Gasteiger partial charge in [0.25, 0.3) is 0 Å². The predicted molar refractivity (Wildman–Crippen MR) is 67.1 cm³/mol. The molecule has 0 aliphatic heterocycles. The monoisotopic (exact) mass is 254 g/mol. The van der Waals surface area contributed by atoms with E-state index in [9.17, 15) is 4.79 Å². The number of nitrogens with one attached hydrogen (secondary N) is 1. The minimum atomic E-state index is -0.476. The standard InChI is InChI=1S/C12H18N2O4/c1-8(7-16-2)13-10-6-5-9(12(15)18-4)11(14-10)17-3/h5-6,8H,7H2,1-4H3,(H,13,14). The van der Waals surface area contributed by atoms with Crippen molar-refractivity contribution in [1.29, 1.82) is 0 Å². The van der Waals surface area contributed by atoms with Gasteiger partial charge in [0, 0.05) is 13.2 Å². The third kappa shape index (κ3) is 3.59. The zero-order valence-corrected chi connectivity index (χ0v) is 11.0. The largest absolute Gasteiger partial charge is 0.480 e. The van der Waals surface area contributed by atoms with Crippen molar-refractivity contribution in [3.63, 3.8) is 0 Å². The second-order valence-electron chi connectivity index (χ2n) is 3.75. The first-order valence-electron chi connectivity index (χ1n) is 5.51. The third-order valence-electron chi connectivity index (χ3n) is 2.27. The number of aromatic nitrogens is 1. The molecule has 1 N–H and O–H groups in total. The number of carbonyl (C=O) groups excluding carboxylic acids is 1. The average Bonchev–Trinajstić information content (AvgIpc) is 2.38. The highest BCUT2D eigenvalue weighted by Crippen LogP contribution is 2.19. The molecular weight excluding hydrogens is 236 g/mol. The van der Waals surface area contributed by atoms with Crippen LogP contribution in [0.4, 0.5) is 5.82 Å². The van der Waals surface area contributed by atoms with Gasteiger partial charge in [0.15, 0.2) is 0 Å². The molecule has 0 spiro atoms. The lowest BCUT2D eigenvalue weighted by Gasteiger charge is -2.14. The molecule has 0 saturated carbocycles. The lowest BCUT2D eigenvalue weighted by molar-refractivity contribution is 0.0596. The molecule has 1 aromatic rings. The quantitative estimate of drug-likeness (QED) is 0.772. The fourth-order valence-corrected chi connectivity index (χ4v) is 1.49. The van der Waals surface area contributed by atoms with E-state index in [1.807, 2.05) is 6.92 Å². The van der Waals surface area contributed by atoms with E-state index in [2.05, 4.69) is 15.0 Å². The van der Waals surface area contributed by atoms with Crippen LogP contribution >= 0.6 is 0 Å². The SMILES string of the molecule is COCC(C)Nc1ccc(C(=O)OC)c(OC)n1. The molecule has 6 heteroatoms. The van der Waals surface area contributed by atoms with Crippen molar-refractivity contribution in [1.82, 2.24) is 4.98 Å². The molecule has 1 unspecified atom stereocenters. The Morgan fingerprint density at radius 2 is 2.11 bits per heavy atom. The number of methoxy groups -OCH3 is 3. The van der Waals surface area contributed by atoms with E-state index in [1.54, 1.807) is 19.2 Å². The first kappa shape index (κ1) is 14.2. The van der Waals surface area contributed by atoms with Crippen molar-refractivity contribution < 1.29 is 19.0 Å². The Morgan fingerprint density at radius 3 is 2.67 bits per heavy atom. The lowest BCUT2D eigenvalue weighted by atomic mass is 10.2. The number of esters is 1. The molecule has 0 aliphatic rings. The molecule has 1 rings (SSSR count). The summed E-state index contributed by atoms with van der Waals surface area (Å²) in [7, 11) is 4.40. The minimum Gasteiger partial charge on any atom is -0.480 e. The Bertz CT molecular complexity index is 409. The minimum absolute atomic E-state index is 0.108. The van der Waals surface area contributed by atoms with Crippen molar-refractivity contribution >= 4 is 11.8 Å². The third-order valence-corrected chi connectivity index (χ3v) is 2.27. The van der Waals surface area contributed by atoms with Crippen LogP contribution in [0, 0.1) is 0 Å². The number of ether oxygens (including phenoxy) is 3. The zero-order valence-electron chi connectivity index (χ0n) is 11.0. The summed E-state index contributed by atoms with van der Waals surface area (Å²) in [5.41, 5.74) is 0.296. The second kappa shape index (κ2) is 6.80. The number of anilines is 1. The van der Waals surface area contributed by atoms with Gasteiger partial charge < -0.3 is 19.5 Å². The molecule has 0 amide bonds. The molecule has 1 aromatic heterocycles. The van der Waals surface area contributed by atoms with Crippen molar-refractivity contribution in [2.24, 2.45) is 0 Å². The molecule has 0 bridgehead atoms. The summed E-state index contributed by atoms with van der Waals surface area (Å²) in [5.74, 6) is 0.372. The summed E-state index contributed by atoms with van der Waals surface area (Å²) >= 11 is 0. The van der Waals surface area contributed by atoms with E-state index in [4.69, 9.17) is 9.47 Å². The summed E-state index contributed by atoms with van der Waals surface area (Å²) in [6.07, 6.45) is 0. The van der Waals surface area contributed by atoms with Crippen LogP contribution in [-0.4, -0.2) is 44.9 Å². The van der Waals surface area contributed by atoms with Gasteiger partial charge in [-0.15, -0.1) is 0 Å². The lowest BCUT2D eigenvalue weighted by Crippen LogP contribution is -2.21. The van der Waals surface area contributed by atoms with Crippen LogP contribution in [0.5, 0.6) is 5.88 Å². The Hall–Kier alpha value is -1.82. The maximum Gasteiger partial charge on any atom is 0.343 e. The molecule has 6 nitrogen and oxygen atoms in total. The number of hydrogen-bond donors (Lipinski definition) is 1. The van der Waals surface area contributed by atoms with Crippen LogP contribution in [0.15, 0.2) is 12.1 Å². The maximum absolute atomic E-state index is 11.4. The van der Waals surface area contributed by atoms with E-state index < -0.39 is 5.97 Å². The summed E-state index contributed by atoms with van der Waals surface area (Å²) in [5, 5.41) is 3.13. The Labute approximate surface area is 106 Å². The molecular formula is C12H18N2O4. The molecule has 1 atom stereocenters. The molecule has 0 aromatic carbocycles. The first-order valence-corrected chi connectivity index (χ1v) is 5.51. The molecule has 0 radical (unpaired) electrons. The molecule has 100 valence electrons. The fourth-order valence-electron chi connectivity index (χ4n) is 1.49. The fraction of sp³-hybridized carbons (Fsp3) is 0.500. The summed E-state index contributed by atoms with van der Waals surface area (Å²) in [6, 6.07) is 3.41. The van der Waals surface area contributed by atoms with Crippen molar-refractivity contribution in [2.45, 2.75) is 13.0 Å². The van der Waals surface area contributed by atoms with Crippen molar-refractivity contribution in [3.05, 3.63) is 17.7 Å². The van der Waals surface area contributed by atoms with Gasteiger partial charge in [-0.05, 0) is 19.1 Å². The van der Waals surface area contributed by atoms with Crippen LogP contribution in [0.1, 0.15) is 17.3 Å². The highest BCUT2D eigenvalue weighted by atomic mass is 16.5. The number of carbonyl (C=O) groups is 1. The smallest absolute Gasteiger partial charge is 0.343 e. The van der Waals surface area contributed by atoms with Gasteiger partial charge in [-0.25, -0.2) is 4.79 Å². The highest BCUT2D eigenvalue weighted by molar-refractivity contribution is 5.92. The van der Waals surface area contributed by atoms with Crippen LogP contribution in [0.3, 0.4) is 0 Å². The van der Waals surface area contributed by atoms with Crippen LogP contribution < -0.4 is 10.1 Å². The van der Waals surface area contributed by atoms with E-state index in [0.29, 0.717) is 18.0 Å². The Kier molecular flexibility index (Phi) is 5.38. The molecule has 1 heterocycles. The van der Waals surface area contributed by atoms with Crippen molar-refractivity contribution in [2.75, 3.05) is 33.3 Å². The van der Waals surface area contributed by atoms with E-state index in [-0.39, 0.29) is 11.9 Å². The van der Waals surface area contributed by atoms with Gasteiger partial charge in [0.1, 0.15) is 11.4 Å². The Morgan fingerprint density at radius 1 is 1.39 bits per heavy atom. The van der Waals surface area contributed by atoms with Gasteiger partial charge in [-0.2, -0.15) is 4.98 Å². The van der Waals surface area contributed by atoms with E-state index >= 15 is 0 Å². The maximum atomic E-state index is 11.4. The molecule has 18 heavy (non-hydrogen) atoms. The van der Waals surface area contributed by atoms with Gasteiger partial charge in [-0.1, -0.05) is 0 Å². The molecule has 0 aliphatic carbocycles. The van der Waals surface area contributed by atoms with E-state index in [1.165, 1.54) is 14.2 Å². The van der Waals surface area contributed by atoms with Crippen molar-refractivity contribution in [3.8, 4) is 5.88 Å². The van der Waals surface area contributed by atoms with Crippen LogP contribution in [0.25, 0.3) is 0 Å². The highest BCUT2D eigenvalue weighted by Gasteiger charge is 2.15. The number of pyridine rings is 1. The van der Waals surface area contributed by atoms with Crippen LogP contribution in [-0.2, 0) is 9.47 Å². The number of nitrogens with zero attached hydrogens (tertiary/aromatic N) is 1. The second-order valence-corrected chi connectivity index (χ2v) is 3.75. The number of hydrogen-bond acceptors (Lipinski definition) is 6. The van der Waals surface area contributed by atoms with Gasteiger partial charge in [0.2, 0.25) is 5.88 Å². The summed E-state index contributed by atoms with van der Waals surface area (Å²) < 4.78 is 14.7. The summed E-state index contributed by atoms with van der Waals surface area (Å²) in [6.45, 7) is 2.52. The molecule has 0 saturated heterocycles. The predicted octanol–water partition coefficient (Wildman–Crippen LogP) is 1.32. The normalized spacial score (nSPS) is 11.8. The Balaban J connectivity index is 2.88. The van der Waals surface area contributed by atoms with Gasteiger partial charge >= 0.3 is 5.97 Å². The summed E-state index contributed by atoms with van der Waals surface area (Å²) in [4.78, 5) is 15.6. The van der Waals surface area contributed by atoms with E-state index in [0.717, 1.165) is 0 Å². The van der Waals surface area contributed by atoms with Gasteiger partial charge in [-0.3, -0.25) is 0 Å². The zero-order chi connectivity index (χ0) is 13.5. The first-order chi connectivity index (χ1) is 8.62. The molecule has 0 fully saturated rings. The topological polar surface area (TPSA) is 69.7 Å². The number of rotatable bonds is 6.